The molecule has 2 N–H and O–H groups in total. The predicted molar refractivity (Wildman–Crippen MR) is 51.9 cm³/mol. The van der Waals surface area contributed by atoms with Crippen LogP contribution in [0.3, 0.4) is 0 Å². The molecule has 0 aromatic carbocycles. The highest BCUT2D eigenvalue weighted by Crippen LogP contribution is 1.85. The Bertz CT molecular complexity index is 101. The van der Waals surface area contributed by atoms with E-state index < -0.39 is 0 Å². The molecule has 80 valence electrons. The highest BCUT2D eigenvalue weighted by Gasteiger charge is 2.04. The summed E-state index contributed by atoms with van der Waals surface area (Å²) in [5.74, 6) is 0. The lowest BCUT2D eigenvalue weighted by Gasteiger charge is -2.14. The summed E-state index contributed by atoms with van der Waals surface area (Å²) in [6, 6.07) is 0.0478. The molecule has 0 spiro atoms. The van der Waals surface area contributed by atoms with Gasteiger partial charge in [0.2, 0.25) is 0 Å². The van der Waals surface area contributed by atoms with Gasteiger partial charge >= 0.3 is 0 Å². The second-order valence-electron chi connectivity index (χ2n) is 2.84. The Kier molecular flexibility index (Phi) is 9.80. The second kappa shape index (κ2) is 9.92. The van der Waals surface area contributed by atoms with Crippen molar-refractivity contribution in [1.82, 2.24) is 5.32 Å². The van der Waals surface area contributed by atoms with Gasteiger partial charge in [0.15, 0.2) is 0 Å². The summed E-state index contributed by atoms with van der Waals surface area (Å²) in [4.78, 5) is 0. The highest BCUT2D eigenvalue weighted by atomic mass is 16.5. The Morgan fingerprint density at radius 1 is 1.46 bits per heavy atom. The first-order valence-corrected chi connectivity index (χ1v) is 4.76. The van der Waals surface area contributed by atoms with Gasteiger partial charge in [-0.05, 0) is 19.9 Å². The van der Waals surface area contributed by atoms with Crippen molar-refractivity contribution in [2.45, 2.75) is 19.4 Å². The molecule has 1 unspecified atom stereocenters. The minimum Gasteiger partial charge on any atom is -0.395 e. The molecule has 4 heteroatoms. The Morgan fingerprint density at radius 2 is 2.23 bits per heavy atom. The molecule has 0 aromatic rings. The topological polar surface area (TPSA) is 50.7 Å². The quantitative estimate of drug-likeness (QED) is 0.504. The molecule has 0 bridgehead atoms. The lowest BCUT2D eigenvalue weighted by atomic mass is 10.3. The number of ether oxygens (including phenoxy) is 2. The van der Waals surface area contributed by atoms with Gasteiger partial charge in [-0.1, -0.05) is 0 Å². The van der Waals surface area contributed by atoms with Crippen LogP contribution in [0, 0.1) is 0 Å². The molecule has 0 fully saturated rings. The standard InChI is InChI=1S/C9H21NO3/c1-3-13-6-4-5-10-9(7-11)8-12-2/h9-11H,3-8H2,1-2H3. The van der Waals surface area contributed by atoms with E-state index in [1.165, 1.54) is 0 Å². The summed E-state index contributed by atoms with van der Waals surface area (Å²) in [5.41, 5.74) is 0. The van der Waals surface area contributed by atoms with Crippen molar-refractivity contribution in [3.63, 3.8) is 0 Å². The van der Waals surface area contributed by atoms with E-state index in [0.29, 0.717) is 6.61 Å². The zero-order valence-corrected chi connectivity index (χ0v) is 8.58. The SMILES string of the molecule is CCOCCCNC(CO)COC. The second-order valence-corrected chi connectivity index (χ2v) is 2.84. The van der Waals surface area contributed by atoms with Gasteiger partial charge < -0.3 is 19.9 Å². The molecule has 0 saturated heterocycles. The fraction of sp³-hybridized carbons (Fsp3) is 1.00. The summed E-state index contributed by atoms with van der Waals surface area (Å²) in [6.07, 6.45) is 0.966. The van der Waals surface area contributed by atoms with Crippen LogP contribution in [0.25, 0.3) is 0 Å². The molecule has 0 aliphatic heterocycles. The van der Waals surface area contributed by atoms with Crippen molar-refractivity contribution in [3.8, 4) is 0 Å². The highest BCUT2D eigenvalue weighted by molar-refractivity contribution is 4.63. The first kappa shape index (κ1) is 12.8. The zero-order chi connectivity index (χ0) is 9.94. The van der Waals surface area contributed by atoms with Gasteiger partial charge in [0.25, 0.3) is 0 Å². The van der Waals surface area contributed by atoms with Crippen molar-refractivity contribution in [2.75, 3.05) is 40.1 Å². The third-order valence-electron chi connectivity index (χ3n) is 1.69. The third kappa shape index (κ3) is 8.18. The molecular formula is C9H21NO3. The minimum atomic E-state index is 0.0478. The summed E-state index contributed by atoms with van der Waals surface area (Å²) in [5, 5.41) is 12.1. The molecule has 13 heavy (non-hydrogen) atoms. The molecule has 0 aromatic heterocycles. The van der Waals surface area contributed by atoms with Gasteiger partial charge in [0, 0.05) is 20.3 Å². The van der Waals surface area contributed by atoms with Crippen molar-refractivity contribution < 1.29 is 14.6 Å². The van der Waals surface area contributed by atoms with Gasteiger partial charge in [-0.2, -0.15) is 0 Å². The smallest absolute Gasteiger partial charge is 0.0638 e. The molecule has 0 amide bonds. The number of hydrogen-bond donors (Lipinski definition) is 2. The molecular weight excluding hydrogens is 170 g/mol. The Labute approximate surface area is 80.2 Å². The van der Waals surface area contributed by atoms with E-state index >= 15 is 0 Å². The Morgan fingerprint density at radius 3 is 2.77 bits per heavy atom. The van der Waals surface area contributed by atoms with E-state index in [1.54, 1.807) is 7.11 Å². The van der Waals surface area contributed by atoms with E-state index in [9.17, 15) is 0 Å². The van der Waals surface area contributed by atoms with Gasteiger partial charge in [0.1, 0.15) is 0 Å². The number of hydrogen-bond acceptors (Lipinski definition) is 4. The van der Waals surface area contributed by atoms with Crippen LogP contribution in [-0.4, -0.2) is 51.2 Å². The van der Waals surface area contributed by atoms with E-state index in [0.717, 1.165) is 26.2 Å². The summed E-state index contributed by atoms with van der Waals surface area (Å²) >= 11 is 0. The Balaban J connectivity index is 3.17. The van der Waals surface area contributed by atoms with Crippen LogP contribution in [0.5, 0.6) is 0 Å². The lowest BCUT2D eigenvalue weighted by Crippen LogP contribution is -2.37. The van der Waals surface area contributed by atoms with Crippen LogP contribution in [0.15, 0.2) is 0 Å². The summed E-state index contributed by atoms with van der Waals surface area (Å²) < 4.78 is 10.1. The first-order valence-electron chi connectivity index (χ1n) is 4.76. The van der Waals surface area contributed by atoms with Crippen LogP contribution in [0.4, 0.5) is 0 Å². The fourth-order valence-corrected chi connectivity index (χ4v) is 1.00. The number of aliphatic hydroxyl groups is 1. The number of methoxy groups -OCH3 is 1. The Hall–Kier alpha value is -0.160. The van der Waals surface area contributed by atoms with Crippen molar-refractivity contribution in [3.05, 3.63) is 0 Å². The molecule has 0 rings (SSSR count). The van der Waals surface area contributed by atoms with Crippen LogP contribution in [-0.2, 0) is 9.47 Å². The molecule has 0 heterocycles. The fourth-order valence-electron chi connectivity index (χ4n) is 1.00. The monoisotopic (exact) mass is 191 g/mol. The number of rotatable bonds is 9. The predicted octanol–water partition coefficient (Wildman–Crippen LogP) is 0.00990. The summed E-state index contributed by atoms with van der Waals surface area (Å²) in [7, 11) is 1.63. The molecule has 0 saturated carbocycles. The largest absolute Gasteiger partial charge is 0.395 e. The minimum absolute atomic E-state index is 0.0478. The molecule has 0 aliphatic carbocycles. The lowest BCUT2D eigenvalue weighted by molar-refractivity contribution is 0.120. The van der Waals surface area contributed by atoms with Gasteiger partial charge in [0.05, 0.1) is 19.3 Å². The van der Waals surface area contributed by atoms with Crippen LogP contribution in [0.2, 0.25) is 0 Å². The maximum atomic E-state index is 8.89. The van der Waals surface area contributed by atoms with Crippen molar-refractivity contribution >= 4 is 0 Å². The zero-order valence-electron chi connectivity index (χ0n) is 8.58. The van der Waals surface area contributed by atoms with E-state index in [-0.39, 0.29) is 12.6 Å². The normalized spacial score (nSPS) is 13.2. The number of nitrogens with one attached hydrogen (secondary N) is 1. The van der Waals surface area contributed by atoms with Crippen LogP contribution in [0.1, 0.15) is 13.3 Å². The summed E-state index contributed by atoms with van der Waals surface area (Å²) in [6.45, 7) is 5.03. The van der Waals surface area contributed by atoms with E-state index in [4.69, 9.17) is 14.6 Å². The van der Waals surface area contributed by atoms with E-state index in [2.05, 4.69) is 5.32 Å². The average molecular weight is 191 g/mol. The number of aliphatic hydroxyl groups excluding tert-OH is 1. The maximum absolute atomic E-state index is 8.89. The average Bonchev–Trinajstić information content (AvgIpc) is 2.16. The van der Waals surface area contributed by atoms with Gasteiger partial charge in [-0.25, -0.2) is 0 Å². The van der Waals surface area contributed by atoms with Crippen molar-refractivity contribution in [1.29, 1.82) is 0 Å². The molecule has 4 nitrogen and oxygen atoms in total. The maximum Gasteiger partial charge on any atom is 0.0638 e. The van der Waals surface area contributed by atoms with Gasteiger partial charge in [-0.3, -0.25) is 0 Å². The van der Waals surface area contributed by atoms with Crippen molar-refractivity contribution in [2.24, 2.45) is 0 Å². The molecule has 1 atom stereocenters. The van der Waals surface area contributed by atoms with Gasteiger partial charge in [-0.15, -0.1) is 0 Å². The molecule has 0 radical (unpaired) electrons. The van der Waals surface area contributed by atoms with Crippen LogP contribution >= 0.6 is 0 Å². The first-order chi connectivity index (χ1) is 6.35. The van der Waals surface area contributed by atoms with E-state index in [1.807, 2.05) is 6.92 Å². The van der Waals surface area contributed by atoms with Crippen LogP contribution < -0.4 is 5.32 Å². The third-order valence-corrected chi connectivity index (χ3v) is 1.69. The molecule has 0 aliphatic rings.